The Morgan fingerprint density at radius 1 is 1.38 bits per heavy atom. The first-order chi connectivity index (χ1) is 7.47. The summed E-state index contributed by atoms with van der Waals surface area (Å²) in [5.74, 6) is -1.35. The lowest BCUT2D eigenvalue weighted by Crippen LogP contribution is -2.35. The molecule has 1 amide bonds. The average Bonchev–Trinajstić information content (AvgIpc) is 2.26. The molecule has 0 fully saturated rings. The van der Waals surface area contributed by atoms with Crippen LogP contribution >= 0.6 is 0 Å². The average molecular weight is 246 g/mol. The third-order valence-corrected chi connectivity index (χ3v) is 3.26. The molecule has 0 radical (unpaired) electrons. The number of carbonyl (C=O) groups is 1. The minimum absolute atomic E-state index is 0.423. The lowest BCUT2D eigenvalue weighted by molar-refractivity contribution is -0.119. The highest BCUT2D eigenvalue weighted by Gasteiger charge is 2.18. The third kappa shape index (κ3) is 3.01. The van der Waals surface area contributed by atoms with Crippen LogP contribution in [0, 0.1) is 5.82 Å². The van der Waals surface area contributed by atoms with Gasteiger partial charge in [0.25, 0.3) is 0 Å². The number of amides is 1. The normalized spacial score (nSPS) is 11.1. The molecule has 0 unspecified atom stereocenters. The zero-order chi connectivity index (χ0) is 12.2. The van der Waals surface area contributed by atoms with Gasteiger partial charge in [-0.25, -0.2) is 17.5 Å². The van der Waals surface area contributed by atoms with E-state index in [-0.39, 0.29) is 0 Å². The van der Waals surface area contributed by atoms with Gasteiger partial charge in [0.1, 0.15) is 10.7 Å². The van der Waals surface area contributed by atoms with Crippen molar-refractivity contribution in [3.63, 3.8) is 0 Å². The largest absolute Gasteiger partial charge is 0.358 e. The SMILES string of the molecule is CNC(=O)CNS(=O)(=O)c1ccccc1F. The van der Waals surface area contributed by atoms with E-state index in [0.29, 0.717) is 0 Å². The Morgan fingerprint density at radius 2 is 2.00 bits per heavy atom. The molecule has 0 saturated carbocycles. The van der Waals surface area contributed by atoms with Crippen LogP contribution in [0.5, 0.6) is 0 Å². The van der Waals surface area contributed by atoms with E-state index in [9.17, 15) is 17.6 Å². The van der Waals surface area contributed by atoms with E-state index in [4.69, 9.17) is 0 Å². The lowest BCUT2D eigenvalue weighted by atomic mass is 10.4. The summed E-state index contributed by atoms with van der Waals surface area (Å²) in [7, 11) is -2.61. The second kappa shape index (κ2) is 5.04. The smallest absolute Gasteiger partial charge is 0.243 e. The van der Waals surface area contributed by atoms with Crippen LogP contribution < -0.4 is 10.0 Å². The number of benzene rings is 1. The number of halogens is 1. The van der Waals surface area contributed by atoms with Gasteiger partial charge in [0.15, 0.2) is 0 Å². The Labute approximate surface area is 92.7 Å². The zero-order valence-electron chi connectivity index (χ0n) is 8.53. The molecule has 0 spiro atoms. The van der Waals surface area contributed by atoms with E-state index in [1.807, 2.05) is 4.72 Å². The summed E-state index contributed by atoms with van der Waals surface area (Å²) >= 11 is 0. The maximum Gasteiger partial charge on any atom is 0.243 e. The van der Waals surface area contributed by atoms with Gasteiger partial charge in [-0.15, -0.1) is 0 Å². The molecule has 0 aliphatic heterocycles. The molecule has 2 N–H and O–H groups in total. The van der Waals surface area contributed by atoms with Crippen LogP contribution in [0.3, 0.4) is 0 Å². The van der Waals surface area contributed by atoms with Crippen LogP contribution in [-0.2, 0) is 14.8 Å². The second-order valence-electron chi connectivity index (χ2n) is 2.93. The highest BCUT2D eigenvalue weighted by Crippen LogP contribution is 2.12. The molecule has 0 aliphatic carbocycles. The summed E-state index contributed by atoms with van der Waals surface area (Å²) in [6.45, 7) is -0.423. The van der Waals surface area contributed by atoms with Crippen LogP contribution in [0.2, 0.25) is 0 Å². The van der Waals surface area contributed by atoms with Crippen molar-refractivity contribution in [3.05, 3.63) is 30.1 Å². The lowest BCUT2D eigenvalue weighted by Gasteiger charge is -2.06. The summed E-state index contributed by atoms with van der Waals surface area (Å²) in [5.41, 5.74) is 0. The van der Waals surface area contributed by atoms with Crippen molar-refractivity contribution in [2.24, 2.45) is 0 Å². The summed E-state index contributed by atoms with van der Waals surface area (Å²) < 4.78 is 38.2. The van der Waals surface area contributed by atoms with Crippen molar-refractivity contribution >= 4 is 15.9 Å². The fraction of sp³-hybridized carbons (Fsp3) is 0.222. The molecule has 1 aromatic rings. The van der Waals surface area contributed by atoms with E-state index in [1.54, 1.807) is 0 Å². The Balaban J connectivity index is 2.87. The van der Waals surface area contributed by atoms with Gasteiger partial charge >= 0.3 is 0 Å². The molecular weight excluding hydrogens is 235 g/mol. The summed E-state index contributed by atoms with van der Waals surface area (Å²) in [6.07, 6.45) is 0. The quantitative estimate of drug-likeness (QED) is 0.775. The number of carbonyl (C=O) groups excluding carboxylic acids is 1. The van der Waals surface area contributed by atoms with E-state index >= 15 is 0 Å². The molecular formula is C9H11FN2O3S. The predicted octanol–water partition coefficient (Wildman–Crippen LogP) is -0.150. The van der Waals surface area contributed by atoms with Gasteiger partial charge in [0.05, 0.1) is 6.54 Å². The Bertz CT molecular complexity index is 487. The van der Waals surface area contributed by atoms with Gasteiger partial charge in [-0.2, -0.15) is 0 Å². The van der Waals surface area contributed by atoms with Crippen molar-refractivity contribution in [3.8, 4) is 0 Å². The molecule has 0 aliphatic rings. The first kappa shape index (κ1) is 12.6. The molecule has 0 saturated heterocycles. The van der Waals surface area contributed by atoms with Crippen molar-refractivity contribution in [2.45, 2.75) is 4.90 Å². The minimum Gasteiger partial charge on any atom is -0.358 e. The van der Waals surface area contributed by atoms with Gasteiger partial charge in [-0.3, -0.25) is 4.79 Å². The predicted molar refractivity (Wildman–Crippen MR) is 55.7 cm³/mol. The number of nitrogens with one attached hydrogen (secondary N) is 2. The van der Waals surface area contributed by atoms with Gasteiger partial charge in [-0.1, -0.05) is 12.1 Å². The first-order valence-electron chi connectivity index (χ1n) is 4.42. The Hall–Kier alpha value is -1.47. The molecule has 7 heteroatoms. The molecule has 0 heterocycles. The van der Waals surface area contributed by atoms with E-state index < -0.39 is 33.2 Å². The molecule has 1 aromatic carbocycles. The van der Waals surface area contributed by atoms with Crippen molar-refractivity contribution in [1.82, 2.24) is 10.0 Å². The van der Waals surface area contributed by atoms with Gasteiger partial charge in [0, 0.05) is 7.05 Å². The molecule has 0 atom stereocenters. The monoisotopic (exact) mass is 246 g/mol. The fourth-order valence-corrected chi connectivity index (χ4v) is 2.05. The third-order valence-electron chi connectivity index (χ3n) is 1.83. The molecule has 0 aromatic heterocycles. The van der Waals surface area contributed by atoms with Crippen LogP contribution in [0.15, 0.2) is 29.2 Å². The van der Waals surface area contributed by atoms with Crippen LogP contribution in [0.25, 0.3) is 0 Å². The number of likely N-dealkylation sites (N-methyl/N-ethyl adjacent to an activating group) is 1. The standard InChI is InChI=1S/C9H11FN2O3S/c1-11-9(13)6-12-16(14,15)8-5-3-2-4-7(8)10/h2-5,12H,6H2,1H3,(H,11,13). The zero-order valence-corrected chi connectivity index (χ0v) is 9.34. The highest BCUT2D eigenvalue weighted by molar-refractivity contribution is 7.89. The van der Waals surface area contributed by atoms with Gasteiger partial charge in [-0.05, 0) is 12.1 Å². The summed E-state index contributed by atoms with van der Waals surface area (Å²) in [4.78, 5) is 10.4. The maximum atomic E-state index is 13.2. The number of rotatable bonds is 4. The molecule has 88 valence electrons. The summed E-state index contributed by atoms with van der Waals surface area (Å²) in [5, 5.41) is 2.24. The van der Waals surface area contributed by atoms with Crippen molar-refractivity contribution in [1.29, 1.82) is 0 Å². The molecule has 5 nitrogen and oxygen atoms in total. The Kier molecular flexibility index (Phi) is 3.97. The maximum absolute atomic E-state index is 13.2. The van der Waals surface area contributed by atoms with E-state index in [0.717, 1.165) is 12.1 Å². The van der Waals surface area contributed by atoms with E-state index in [1.165, 1.54) is 19.2 Å². The number of sulfonamides is 1. The number of hydrogen-bond acceptors (Lipinski definition) is 3. The highest BCUT2D eigenvalue weighted by atomic mass is 32.2. The minimum atomic E-state index is -3.98. The fourth-order valence-electron chi connectivity index (χ4n) is 0.989. The van der Waals surface area contributed by atoms with Gasteiger partial charge < -0.3 is 5.32 Å². The van der Waals surface area contributed by atoms with E-state index in [2.05, 4.69) is 5.32 Å². The van der Waals surface area contributed by atoms with Crippen LogP contribution in [-0.4, -0.2) is 27.9 Å². The molecule has 0 bridgehead atoms. The van der Waals surface area contributed by atoms with Crippen molar-refractivity contribution in [2.75, 3.05) is 13.6 Å². The number of hydrogen-bond donors (Lipinski definition) is 2. The summed E-state index contributed by atoms with van der Waals surface area (Å²) in [6, 6.07) is 4.95. The topological polar surface area (TPSA) is 75.3 Å². The molecule has 16 heavy (non-hydrogen) atoms. The first-order valence-corrected chi connectivity index (χ1v) is 5.90. The molecule has 1 rings (SSSR count). The second-order valence-corrected chi connectivity index (χ2v) is 4.66. The van der Waals surface area contributed by atoms with Gasteiger partial charge in [0.2, 0.25) is 15.9 Å². The Morgan fingerprint density at radius 3 is 2.56 bits per heavy atom. The van der Waals surface area contributed by atoms with Crippen molar-refractivity contribution < 1.29 is 17.6 Å². The van der Waals surface area contributed by atoms with Crippen LogP contribution in [0.1, 0.15) is 0 Å². The van der Waals surface area contributed by atoms with Crippen LogP contribution in [0.4, 0.5) is 4.39 Å².